The number of aromatic nitrogens is 1. The van der Waals surface area contributed by atoms with E-state index in [0.29, 0.717) is 4.91 Å². The maximum atomic E-state index is 13.2. The van der Waals surface area contributed by atoms with Crippen molar-refractivity contribution in [3.8, 4) is 0 Å². The van der Waals surface area contributed by atoms with Crippen molar-refractivity contribution < 1.29 is 9.59 Å². The van der Waals surface area contributed by atoms with E-state index < -0.39 is 0 Å². The Morgan fingerprint density at radius 3 is 2.36 bits per heavy atom. The van der Waals surface area contributed by atoms with Gasteiger partial charge in [-0.2, -0.15) is 0 Å². The molecule has 4 aromatic rings. The van der Waals surface area contributed by atoms with Gasteiger partial charge in [0.15, 0.2) is 0 Å². The Balaban J connectivity index is 1.52. The fraction of sp³-hybridized carbons (Fsp3) is 0.111. The van der Waals surface area contributed by atoms with Gasteiger partial charge in [0, 0.05) is 33.2 Å². The van der Waals surface area contributed by atoms with Crippen molar-refractivity contribution in [1.82, 2.24) is 9.47 Å². The predicted molar refractivity (Wildman–Crippen MR) is 138 cm³/mol. The highest BCUT2D eigenvalue weighted by Crippen LogP contribution is 2.37. The van der Waals surface area contributed by atoms with E-state index in [2.05, 4.69) is 51.7 Å². The van der Waals surface area contributed by atoms with E-state index in [4.69, 9.17) is 0 Å². The molecule has 2 amide bonds. The van der Waals surface area contributed by atoms with Crippen LogP contribution >= 0.6 is 27.7 Å². The summed E-state index contributed by atoms with van der Waals surface area (Å²) < 4.78 is 3.15. The lowest BCUT2D eigenvalue weighted by Crippen LogP contribution is -2.27. The van der Waals surface area contributed by atoms with Gasteiger partial charge in [0.25, 0.3) is 11.1 Å². The zero-order valence-corrected chi connectivity index (χ0v) is 20.4. The maximum absolute atomic E-state index is 13.2. The van der Waals surface area contributed by atoms with Crippen molar-refractivity contribution >= 4 is 55.8 Å². The summed E-state index contributed by atoms with van der Waals surface area (Å²) in [5.74, 6) is -0.250. The standard InChI is InChI=1S/C27H21BrN2O2S/c1-18-22(21-12-6-8-14-24(21)29(18)16-19-9-3-2-4-10-19)15-25-26(31)30(27(32)33-25)17-20-11-5-7-13-23(20)28/h2-15H,16-17H2,1H3/b25-15-. The molecule has 0 saturated carbocycles. The van der Waals surface area contributed by atoms with Gasteiger partial charge in [0.2, 0.25) is 0 Å². The highest BCUT2D eigenvalue weighted by Gasteiger charge is 2.35. The van der Waals surface area contributed by atoms with E-state index in [-0.39, 0.29) is 17.7 Å². The Kier molecular flexibility index (Phi) is 5.96. The Morgan fingerprint density at radius 2 is 1.58 bits per heavy atom. The summed E-state index contributed by atoms with van der Waals surface area (Å²) >= 11 is 4.51. The molecule has 4 nitrogen and oxygen atoms in total. The zero-order valence-electron chi connectivity index (χ0n) is 18.0. The molecule has 0 bridgehead atoms. The van der Waals surface area contributed by atoms with Gasteiger partial charge in [0.05, 0.1) is 11.4 Å². The van der Waals surface area contributed by atoms with Crippen molar-refractivity contribution in [2.45, 2.75) is 20.0 Å². The lowest BCUT2D eigenvalue weighted by Gasteiger charge is -2.13. The molecular weight excluding hydrogens is 496 g/mol. The molecule has 1 saturated heterocycles. The third kappa shape index (κ3) is 4.16. The van der Waals surface area contributed by atoms with Crippen LogP contribution in [0.15, 0.2) is 88.2 Å². The van der Waals surface area contributed by atoms with Crippen LogP contribution in [0.1, 0.15) is 22.4 Å². The van der Waals surface area contributed by atoms with E-state index in [1.165, 1.54) is 10.5 Å². The first-order chi connectivity index (χ1) is 16.0. The van der Waals surface area contributed by atoms with Gasteiger partial charge in [-0.3, -0.25) is 14.5 Å². The van der Waals surface area contributed by atoms with Crippen LogP contribution in [0.5, 0.6) is 0 Å². The van der Waals surface area contributed by atoms with Crippen LogP contribution in [0.4, 0.5) is 4.79 Å². The quantitative estimate of drug-likeness (QED) is 0.268. The molecule has 164 valence electrons. The molecule has 3 aromatic carbocycles. The number of imide groups is 1. The summed E-state index contributed by atoms with van der Waals surface area (Å²) in [6, 6.07) is 26.2. The van der Waals surface area contributed by atoms with Crippen LogP contribution in [-0.4, -0.2) is 20.6 Å². The Labute approximate surface area is 205 Å². The summed E-state index contributed by atoms with van der Waals surface area (Å²) in [6.07, 6.45) is 1.88. The first-order valence-electron chi connectivity index (χ1n) is 10.6. The molecule has 1 aromatic heterocycles. The second-order valence-electron chi connectivity index (χ2n) is 7.95. The highest BCUT2D eigenvalue weighted by atomic mass is 79.9. The van der Waals surface area contributed by atoms with Crippen molar-refractivity contribution in [2.75, 3.05) is 0 Å². The van der Waals surface area contributed by atoms with Gasteiger partial charge >= 0.3 is 0 Å². The van der Waals surface area contributed by atoms with Crippen LogP contribution in [0, 0.1) is 6.92 Å². The molecule has 33 heavy (non-hydrogen) atoms. The van der Waals surface area contributed by atoms with E-state index in [1.54, 1.807) is 0 Å². The number of hydrogen-bond acceptors (Lipinski definition) is 3. The number of para-hydroxylation sites is 1. The fourth-order valence-electron chi connectivity index (χ4n) is 4.17. The minimum absolute atomic E-state index is 0.243. The third-order valence-electron chi connectivity index (χ3n) is 5.90. The van der Waals surface area contributed by atoms with Crippen molar-refractivity contribution in [3.63, 3.8) is 0 Å². The largest absolute Gasteiger partial charge is 0.340 e. The molecule has 5 rings (SSSR count). The molecule has 0 unspecified atom stereocenters. The number of hydrogen-bond donors (Lipinski definition) is 0. The Hall–Kier alpha value is -3.09. The molecule has 0 spiro atoms. The number of amides is 2. The summed E-state index contributed by atoms with van der Waals surface area (Å²) in [6.45, 7) is 3.06. The summed E-state index contributed by atoms with van der Waals surface area (Å²) in [5.41, 5.74) is 5.27. The second-order valence-corrected chi connectivity index (χ2v) is 9.79. The molecule has 6 heteroatoms. The molecule has 2 heterocycles. The Morgan fingerprint density at radius 1 is 0.879 bits per heavy atom. The van der Waals surface area contributed by atoms with Gasteiger partial charge in [0.1, 0.15) is 0 Å². The minimum Gasteiger partial charge on any atom is -0.340 e. The van der Waals surface area contributed by atoms with Gasteiger partial charge in [-0.05, 0) is 48.0 Å². The molecule has 0 radical (unpaired) electrons. The summed E-state index contributed by atoms with van der Waals surface area (Å²) in [4.78, 5) is 27.6. The van der Waals surface area contributed by atoms with Gasteiger partial charge in [-0.25, -0.2) is 0 Å². The normalized spacial score (nSPS) is 15.2. The lowest BCUT2D eigenvalue weighted by atomic mass is 10.1. The first kappa shape index (κ1) is 21.7. The van der Waals surface area contributed by atoms with Gasteiger partial charge < -0.3 is 4.57 Å². The van der Waals surface area contributed by atoms with Crippen LogP contribution in [0.25, 0.3) is 17.0 Å². The molecule has 1 aliphatic rings. The average Bonchev–Trinajstić information content (AvgIpc) is 3.24. The molecule has 1 aliphatic heterocycles. The number of carbonyl (C=O) groups is 2. The summed E-state index contributed by atoms with van der Waals surface area (Å²) in [7, 11) is 0. The highest BCUT2D eigenvalue weighted by molar-refractivity contribution is 9.10. The topological polar surface area (TPSA) is 42.3 Å². The number of nitrogens with zero attached hydrogens (tertiary/aromatic N) is 2. The SMILES string of the molecule is Cc1c(/C=C2\SC(=O)N(Cc3ccccc3Br)C2=O)c2ccccc2n1Cc1ccccc1. The van der Waals surface area contributed by atoms with Crippen LogP contribution in [0.2, 0.25) is 0 Å². The van der Waals surface area contributed by atoms with E-state index in [9.17, 15) is 9.59 Å². The maximum Gasteiger partial charge on any atom is 0.293 e. The van der Waals surface area contributed by atoms with E-state index >= 15 is 0 Å². The van der Waals surface area contributed by atoms with Crippen molar-refractivity contribution in [2.24, 2.45) is 0 Å². The zero-order chi connectivity index (χ0) is 22.9. The number of rotatable bonds is 5. The lowest BCUT2D eigenvalue weighted by molar-refractivity contribution is -0.123. The molecule has 0 N–H and O–H groups in total. The molecule has 0 aliphatic carbocycles. The fourth-order valence-corrected chi connectivity index (χ4v) is 5.40. The summed E-state index contributed by atoms with van der Waals surface area (Å²) in [5, 5.41) is 0.830. The van der Waals surface area contributed by atoms with Crippen LogP contribution in [0.3, 0.4) is 0 Å². The monoisotopic (exact) mass is 516 g/mol. The number of benzene rings is 3. The van der Waals surface area contributed by atoms with Crippen LogP contribution < -0.4 is 0 Å². The van der Waals surface area contributed by atoms with E-state index in [0.717, 1.165) is 50.5 Å². The van der Waals surface area contributed by atoms with Crippen LogP contribution in [-0.2, 0) is 17.9 Å². The second kappa shape index (κ2) is 9.04. The van der Waals surface area contributed by atoms with Crippen molar-refractivity contribution in [3.05, 3.63) is 111 Å². The third-order valence-corrected chi connectivity index (χ3v) is 7.58. The number of carbonyl (C=O) groups excluding carboxylic acids is 2. The average molecular weight is 517 g/mol. The number of thioether (sulfide) groups is 1. The predicted octanol–water partition coefficient (Wildman–Crippen LogP) is 7.00. The number of fused-ring (bicyclic) bond motifs is 1. The molecule has 1 fully saturated rings. The smallest absolute Gasteiger partial charge is 0.293 e. The number of halogens is 1. The minimum atomic E-state index is -0.250. The molecular formula is C27H21BrN2O2S. The Bertz CT molecular complexity index is 1410. The first-order valence-corrected chi connectivity index (χ1v) is 12.2. The van der Waals surface area contributed by atoms with Gasteiger partial charge in [-0.15, -0.1) is 0 Å². The van der Waals surface area contributed by atoms with Crippen molar-refractivity contribution in [1.29, 1.82) is 0 Å². The molecule has 0 atom stereocenters. The van der Waals surface area contributed by atoms with E-state index in [1.807, 2.05) is 60.7 Å². The van der Waals surface area contributed by atoms with Gasteiger partial charge in [-0.1, -0.05) is 82.7 Å².